The van der Waals surface area contributed by atoms with Crippen LogP contribution in [0.3, 0.4) is 0 Å². The van der Waals surface area contributed by atoms with E-state index in [0.717, 1.165) is 37.0 Å². The van der Waals surface area contributed by atoms with E-state index in [2.05, 4.69) is 34.3 Å². The molecule has 0 amide bonds. The topological polar surface area (TPSA) is 64.1 Å². The third-order valence-electron chi connectivity index (χ3n) is 5.51. The summed E-state index contributed by atoms with van der Waals surface area (Å²) in [4.78, 5) is 9.60. The van der Waals surface area contributed by atoms with E-state index in [4.69, 9.17) is 9.72 Å². The number of rotatable bonds is 5. The second-order valence-electron chi connectivity index (χ2n) is 7.54. The summed E-state index contributed by atoms with van der Waals surface area (Å²) in [6.45, 7) is 0. The lowest BCUT2D eigenvalue weighted by Crippen LogP contribution is -2.21. The zero-order valence-corrected chi connectivity index (χ0v) is 20.1. The van der Waals surface area contributed by atoms with E-state index < -0.39 is 7.29 Å². The molecule has 2 aromatic heterocycles. The minimum absolute atomic E-state index is 0.567. The second kappa shape index (κ2) is 7.96. The lowest BCUT2D eigenvalue weighted by Gasteiger charge is -2.16. The van der Waals surface area contributed by atoms with Crippen molar-refractivity contribution in [2.24, 2.45) is 0 Å². The largest absolute Gasteiger partial charge is 0.497 e. The van der Waals surface area contributed by atoms with Crippen LogP contribution in [0.4, 0.5) is 5.13 Å². The lowest BCUT2D eigenvalue weighted by atomic mass is 10.1. The van der Waals surface area contributed by atoms with Crippen molar-refractivity contribution in [1.29, 1.82) is 0 Å². The summed E-state index contributed by atoms with van der Waals surface area (Å²) in [6.07, 6.45) is 0. The van der Waals surface area contributed by atoms with Gasteiger partial charge in [0.05, 0.1) is 27.5 Å². The number of methoxy groups -OCH3 is 1. The third-order valence-corrected chi connectivity index (χ3v) is 10.7. The fourth-order valence-electron chi connectivity index (χ4n) is 3.86. The number of hydrogen-bond acceptors (Lipinski definition) is 6. The monoisotopic (exact) mass is 487 g/mol. The van der Waals surface area contributed by atoms with Crippen LogP contribution in [0.1, 0.15) is 0 Å². The minimum atomic E-state index is -3.30. The molecular formula is C25H18N3O2PS2. The van der Waals surface area contributed by atoms with Gasteiger partial charge in [-0.3, -0.25) is 4.57 Å². The van der Waals surface area contributed by atoms with Crippen LogP contribution in [0.25, 0.3) is 31.2 Å². The smallest absolute Gasteiger partial charge is 0.256 e. The molecule has 0 spiro atoms. The van der Waals surface area contributed by atoms with Gasteiger partial charge in [-0.15, -0.1) is 11.3 Å². The first kappa shape index (κ1) is 20.4. The van der Waals surface area contributed by atoms with Crippen LogP contribution in [0, 0.1) is 0 Å². The quantitative estimate of drug-likeness (QED) is 0.285. The highest BCUT2D eigenvalue weighted by Crippen LogP contribution is 2.47. The lowest BCUT2D eigenvalue weighted by molar-refractivity contribution is 0.415. The molecular weight excluding hydrogens is 469 g/mol. The Bertz CT molecular complexity index is 1680. The number of aromatic nitrogens is 2. The van der Waals surface area contributed by atoms with Crippen molar-refractivity contribution in [3.8, 4) is 5.75 Å². The first-order valence-corrected chi connectivity index (χ1v) is 13.7. The van der Waals surface area contributed by atoms with Gasteiger partial charge in [-0.05, 0) is 41.8 Å². The van der Waals surface area contributed by atoms with Crippen molar-refractivity contribution in [1.82, 2.24) is 9.97 Å². The number of nitrogens with one attached hydrogen (secondary N) is 1. The number of thiazole rings is 2. The summed E-state index contributed by atoms with van der Waals surface area (Å²) in [5.41, 5.74) is 1.71. The average Bonchev–Trinajstić information content (AvgIpc) is 3.48. The molecule has 0 aliphatic heterocycles. The van der Waals surface area contributed by atoms with Gasteiger partial charge >= 0.3 is 0 Å². The predicted octanol–water partition coefficient (Wildman–Crippen LogP) is 6.41. The van der Waals surface area contributed by atoms with Crippen LogP contribution in [-0.2, 0) is 4.57 Å². The van der Waals surface area contributed by atoms with E-state index in [1.165, 1.54) is 22.7 Å². The summed E-state index contributed by atoms with van der Waals surface area (Å²) in [7, 11) is -1.66. The zero-order chi connectivity index (χ0) is 22.4. The fraction of sp³-hybridized carbons (Fsp3) is 0.0400. The number of hydrogen-bond donors (Lipinski definition) is 1. The van der Waals surface area contributed by atoms with Gasteiger partial charge < -0.3 is 9.82 Å². The van der Waals surface area contributed by atoms with Crippen LogP contribution < -0.4 is 19.9 Å². The van der Waals surface area contributed by atoms with E-state index in [1.807, 2.05) is 60.7 Å². The number of fused-ring (bicyclic) bond motifs is 4. The molecule has 33 heavy (non-hydrogen) atoms. The molecule has 0 aliphatic rings. The molecule has 0 fully saturated rings. The minimum Gasteiger partial charge on any atom is -0.497 e. The van der Waals surface area contributed by atoms with E-state index in [1.54, 1.807) is 7.11 Å². The molecule has 0 saturated carbocycles. The number of anilines is 1. The molecule has 1 atom stereocenters. The number of nitrogens with zero attached hydrogens (tertiary/aromatic N) is 2. The Morgan fingerprint density at radius 1 is 0.848 bits per heavy atom. The van der Waals surface area contributed by atoms with Crippen molar-refractivity contribution in [3.05, 3.63) is 84.9 Å². The molecule has 1 unspecified atom stereocenters. The zero-order valence-electron chi connectivity index (χ0n) is 17.6. The Labute approximate surface area is 198 Å². The summed E-state index contributed by atoms with van der Waals surface area (Å²) in [5, 5.41) is 6.76. The maximum atomic E-state index is 14.7. The Morgan fingerprint density at radius 2 is 1.67 bits per heavy atom. The van der Waals surface area contributed by atoms with E-state index in [-0.39, 0.29) is 0 Å². The number of benzene rings is 4. The molecule has 4 aromatic carbocycles. The second-order valence-corrected chi connectivity index (χ2v) is 12.3. The molecule has 5 nitrogen and oxygen atoms in total. The number of ether oxygens (including phenoxy) is 1. The van der Waals surface area contributed by atoms with Crippen LogP contribution >= 0.6 is 30.0 Å². The molecule has 162 valence electrons. The predicted molar refractivity (Wildman–Crippen MR) is 140 cm³/mol. The Kier molecular flexibility index (Phi) is 4.91. The first-order chi connectivity index (χ1) is 16.1. The fourth-order valence-corrected chi connectivity index (χ4v) is 8.76. The highest BCUT2D eigenvalue weighted by atomic mass is 32.1. The van der Waals surface area contributed by atoms with Crippen LogP contribution in [0.15, 0.2) is 84.9 Å². The van der Waals surface area contributed by atoms with Crippen LogP contribution in [0.5, 0.6) is 5.75 Å². The SMILES string of the molecule is COc1ccc2nc(NP(=O)(c3ccccc3)c3nc4c(ccc5ccccc54)s3)sc2c1. The maximum absolute atomic E-state index is 14.7. The van der Waals surface area contributed by atoms with Gasteiger partial charge in [0.25, 0.3) is 7.29 Å². The molecule has 0 saturated heterocycles. The first-order valence-electron chi connectivity index (χ1n) is 10.3. The van der Waals surface area contributed by atoms with E-state index >= 15 is 0 Å². The normalized spacial score (nSPS) is 13.4. The maximum Gasteiger partial charge on any atom is 0.256 e. The average molecular weight is 488 g/mol. The van der Waals surface area contributed by atoms with Crippen molar-refractivity contribution in [3.63, 3.8) is 0 Å². The molecule has 0 aliphatic carbocycles. The third kappa shape index (κ3) is 3.49. The standard InChI is InChI=1S/C25H18N3O2PS2/c1-30-17-12-13-20-22(15-17)32-24(26-20)28-31(29,18-8-3-2-4-9-18)25-27-23-19-10-6-5-7-16(19)11-14-21(23)33-25/h2-15H,1H3,(H,26,28,29). The van der Waals surface area contributed by atoms with Crippen molar-refractivity contribution >= 4 is 76.4 Å². The Balaban J connectivity index is 1.52. The van der Waals surface area contributed by atoms with Gasteiger partial charge in [0.1, 0.15) is 5.75 Å². The van der Waals surface area contributed by atoms with Crippen molar-refractivity contribution in [2.45, 2.75) is 0 Å². The highest BCUT2D eigenvalue weighted by molar-refractivity contribution is 7.84. The van der Waals surface area contributed by atoms with Crippen molar-refractivity contribution < 1.29 is 9.30 Å². The molecule has 6 rings (SSSR count). The van der Waals surface area contributed by atoms with Gasteiger partial charge in [-0.25, -0.2) is 9.97 Å². The molecule has 2 heterocycles. The molecule has 8 heteroatoms. The summed E-state index contributed by atoms with van der Waals surface area (Å²) in [5.74, 6) is 0.766. The Morgan fingerprint density at radius 3 is 2.52 bits per heavy atom. The van der Waals surface area contributed by atoms with Crippen LogP contribution in [-0.4, -0.2) is 17.1 Å². The van der Waals surface area contributed by atoms with Gasteiger partial charge in [-0.2, -0.15) is 0 Å². The molecule has 0 bridgehead atoms. The van der Waals surface area contributed by atoms with Crippen LogP contribution in [0.2, 0.25) is 0 Å². The Hall–Kier alpha value is -3.25. The summed E-state index contributed by atoms with van der Waals surface area (Å²) < 4.78 is 22.5. The van der Waals surface area contributed by atoms with Gasteiger partial charge in [0.15, 0.2) is 9.88 Å². The molecule has 1 N–H and O–H groups in total. The van der Waals surface area contributed by atoms with Gasteiger partial charge in [0, 0.05) is 10.7 Å². The van der Waals surface area contributed by atoms with E-state index in [9.17, 15) is 4.57 Å². The molecule has 0 radical (unpaired) electrons. The van der Waals surface area contributed by atoms with E-state index in [0.29, 0.717) is 15.2 Å². The summed E-state index contributed by atoms with van der Waals surface area (Å²) >= 11 is 2.92. The molecule has 6 aromatic rings. The van der Waals surface area contributed by atoms with Crippen molar-refractivity contribution in [2.75, 3.05) is 12.2 Å². The highest BCUT2D eigenvalue weighted by Gasteiger charge is 2.32. The van der Waals surface area contributed by atoms with Gasteiger partial charge in [0.2, 0.25) is 0 Å². The summed E-state index contributed by atoms with van der Waals surface area (Å²) in [6, 6.07) is 27.5. The van der Waals surface area contributed by atoms with Gasteiger partial charge in [-0.1, -0.05) is 59.9 Å².